The van der Waals surface area contributed by atoms with Gasteiger partial charge in [0.2, 0.25) is 10.4 Å². The maximum atomic E-state index is 10.9. The Labute approximate surface area is 261 Å². The molecule has 0 spiro atoms. The van der Waals surface area contributed by atoms with E-state index in [9.17, 15) is 13.0 Å². The van der Waals surface area contributed by atoms with E-state index in [0.717, 1.165) is 25.7 Å². The summed E-state index contributed by atoms with van der Waals surface area (Å²) in [6.07, 6.45) is 36.6. The smallest absolute Gasteiger partial charge is 0.726 e. The van der Waals surface area contributed by atoms with E-state index in [0.29, 0.717) is 0 Å². The van der Waals surface area contributed by atoms with Crippen molar-refractivity contribution < 1.29 is 46.7 Å². The monoisotopic (exact) mass is 568 g/mol. The summed E-state index contributed by atoms with van der Waals surface area (Å²) in [5, 5.41) is 0. The zero-order chi connectivity index (χ0) is 27.3. The van der Waals surface area contributed by atoms with Crippen LogP contribution in [0.15, 0.2) is 0 Å². The van der Waals surface area contributed by atoms with Crippen molar-refractivity contribution in [3.05, 3.63) is 0 Å². The first-order valence-corrected chi connectivity index (χ1v) is 17.9. The maximum Gasteiger partial charge on any atom is 1.00 e. The van der Waals surface area contributed by atoms with E-state index in [-0.39, 0.29) is 42.1 Å². The fraction of sp³-hybridized carbons (Fsp3) is 1.00. The molecule has 0 amide bonds. The first-order chi connectivity index (χ1) is 18.0. The third-order valence-corrected chi connectivity index (χ3v) is 8.30. The van der Waals surface area contributed by atoms with E-state index >= 15 is 0 Å². The van der Waals surface area contributed by atoms with Crippen molar-refractivity contribution in [1.82, 2.24) is 0 Å². The summed E-state index contributed by atoms with van der Waals surface area (Å²) in [5.74, 6) is 0.199. The molecular weight excluding hydrogens is 503 g/mol. The molecule has 0 bridgehead atoms. The van der Waals surface area contributed by atoms with Crippen molar-refractivity contribution in [2.24, 2.45) is 5.92 Å². The maximum absolute atomic E-state index is 10.9. The van der Waals surface area contributed by atoms with Crippen molar-refractivity contribution in [1.29, 1.82) is 0 Å². The SMILES string of the molecule is CCCCCCCCCCCCCCCCCCC(CCCCCCCCCCCC)COS(=O)(=O)[O-].[Na+]. The van der Waals surface area contributed by atoms with Crippen molar-refractivity contribution >= 4 is 10.4 Å². The Kier molecular flexibility index (Phi) is 34.9. The third-order valence-electron chi connectivity index (χ3n) is 7.88. The molecule has 0 N–H and O–H groups in total. The second-order valence-corrected chi connectivity index (χ2v) is 12.7. The summed E-state index contributed by atoms with van der Waals surface area (Å²) in [7, 11) is -4.58. The van der Waals surface area contributed by atoms with E-state index < -0.39 is 10.4 Å². The molecule has 0 saturated carbocycles. The van der Waals surface area contributed by atoms with Crippen LogP contribution in [0.1, 0.15) is 194 Å². The van der Waals surface area contributed by atoms with Crippen LogP contribution < -0.4 is 29.6 Å². The Hall–Kier alpha value is 0.870. The van der Waals surface area contributed by atoms with Gasteiger partial charge in [0, 0.05) is 0 Å². The van der Waals surface area contributed by atoms with Gasteiger partial charge in [-0.25, -0.2) is 8.42 Å². The zero-order valence-corrected chi connectivity index (χ0v) is 28.9. The van der Waals surface area contributed by atoms with Crippen LogP contribution in [0.2, 0.25) is 0 Å². The van der Waals surface area contributed by atoms with Gasteiger partial charge in [0.15, 0.2) is 0 Å². The fourth-order valence-corrected chi connectivity index (χ4v) is 5.75. The van der Waals surface area contributed by atoms with Crippen LogP contribution in [0, 0.1) is 5.92 Å². The molecular formula is C32H65NaO4S. The van der Waals surface area contributed by atoms with Crippen molar-refractivity contribution in [2.75, 3.05) is 6.61 Å². The predicted molar refractivity (Wildman–Crippen MR) is 160 cm³/mol. The van der Waals surface area contributed by atoms with Gasteiger partial charge in [-0.2, -0.15) is 0 Å². The van der Waals surface area contributed by atoms with E-state index in [2.05, 4.69) is 18.0 Å². The normalized spacial score (nSPS) is 12.5. The predicted octanol–water partition coefficient (Wildman–Crippen LogP) is 8.05. The molecule has 0 rings (SSSR count). The topological polar surface area (TPSA) is 66.4 Å². The molecule has 6 heteroatoms. The van der Waals surface area contributed by atoms with Crippen LogP contribution in [0.25, 0.3) is 0 Å². The van der Waals surface area contributed by atoms with Gasteiger partial charge in [-0.05, 0) is 18.8 Å². The van der Waals surface area contributed by atoms with Crippen LogP contribution in [0.4, 0.5) is 0 Å². The number of rotatable bonds is 31. The summed E-state index contributed by atoms with van der Waals surface area (Å²) in [6, 6.07) is 0. The molecule has 0 aromatic carbocycles. The van der Waals surface area contributed by atoms with E-state index in [1.54, 1.807) is 0 Å². The van der Waals surface area contributed by atoms with Gasteiger partial charge in [0.25, 0.3) is 0 Å². The van der Waals surface area contributed by atoms with Gasteiger partial charge in [0.05, 0.1) is 6.61 Å². The van der Waals surface area contributed by atoms with E-state index in [4.69, 9.17) is 0 Å². The minimum atomic E-state index is -4.58. The van der Waals surface area contributed by atoms with Crippen LogP contribution in [-0.4, -0.2) is 19.6 Å². The molecule has 38 heavy (non-hydrogen) atoms. The van der Waals surface area contributed by atoms with Gasteiger partial charge in [-0.15, -0.1) is 0 Å². The summed E-state index contributed by atoms with van der Waals surface area (Å²) in [5.41, 5.74) is 0. The Morgan fingerprint density at radius 1 is 0.474 bits per heavy atom. The Balaban J connectivity index is 0. The molecule has 0 heterocycles. The van der Waals surface area contributed by atoms with Crippen LogP contribution in [0.5, 0.6) is 0 Å². The van der Waals surface area contributed by atoms with Crippen LogP contribution in [-0.2, 0) is 14.6 Å². The van der Waals surface area contributed by atoms with Crippen molar-refractivity contribution in [3.63, 3.8) is 0 Å². The largest absolute Gasteiger partial charge is 1.00 e. The van der Waals surface area contributed by atoms with Crippen LogP contribution >= 0.6 is 0 Å². The average molecular weight is 569 g/mol. The van der Waals surface area contributed by atoms with Gasteiger partial charge in [0.1, 0.15) is 0 Å². The number of unbranched alkanes of at least 4 members (excludes halogenated alkanes) is 24. The minimum absolute atomic E-state index is 0. The average Bonchev–Trinajstić information content (AvgIpc) is 2.87. The fourth-order valence-electron chi connectivity index (χ4n) is 5.39. The molecule has 1 unspecified atom stereocenters. The molecule has 0 aromatic rings. The van der Waals surface area contributed by atoms with Gasteiger partial charge in [-0.3, -0.25) is 4.18 Å². The molecule has 0 aliphatic carbocycles. The molecule has 0 radical (unpaired) electrons. The van der Waals surface area contributed by atoms with Crippen molar-refractivity contribution in [3.8, 4) is 0 Å². The van der Waals surface area contributed by atoms with Crippen LogP contribution in [0.3, 0.4) is 0 Å². The van der Waals surface area contributed by atoms with E-state index in [1.807, 2.05) is 0 Å². The Morgan fingerprint density at radius 3 is 0.947 bits per heavy atom. The molecule has 4 nitrogen and oxygen atoms in total. The molecule has 0 aliphatic rings. The van der Waals surface area contributed by atoms with Gasteiger partial charge in [-0.1, -0.05) is 181 Å². The summed E-state index contributed by atoms with van der Waals surface area (Å²) >= 11 is 0. The zero-order valence-electron chi connectivity index (χ0n) is 26.1. The summed E-state index contributed by atoms with van der Waals surface area (Å²) < 4.78 is 37.4. The first-order valence-electron chi connectivity index (χ1n) is 16.6. The number of hydrogen-bond acceptors (Lipinski definition) is 4. The molecule has 0 aliphatic heterocycles. The molecule has 0 fully saturated rings. The standard InChI is InChI=1S/C32H66O4S.Na/c1-3-5-7-9-11-13-15-16-17-18-19-20-22-24-26-28-30-32(31-36-37(33,34)35)29-27-25-23-21-14-12-10-8-6-4-2;/h32H,3-31H2,1-2H3,(H,33,34,35);/q;+1/p-1. The molecule has 1 atom stereocenters. The molecule has 0 saturated heterocycles. The minimum Gasteiger partial charge on any atom is -0.726 e. The van der Waals surface area contributed by atoms with Crippen molar-refractivity contribution in [2.45, 2.75) is 194 Å². The van der Waals surface area contributed by atoms with E-state index in [1.165, 1.54) is 154 Å². The second-order valence-electron chi connectivity index (χ2n) is 11.6. The Bertz CT molecular complexity index is 542. The summed E-state index contributed by atoms with van der Waals surface area (Å²) in [6.45, 7) is 4.60. The molecule has 224 valence electrons. The Morgan fingerprint density at radius 2 is 0.711 bits per heavy atom. The number of hydrogen-bond donors (Lipinski definition) is 0. The summed E-state index contributed by atoms with van der Waals surface area (Å²) in [4.78, 5) is 0. The quantitative estimate of drug-likeness (QED) is 0.0367. The first kappa shape index (κ1) is 41.0. The van der Waals surface area contributed by atoms with Gasteiger partial charge >= 0.3 is 29.6 Å². The van der Waals surface area contributed by atoms with Gasteiger partial charge < -0.3 is 4.55 Å². The second kappa shape index (κ2) is 32.4. The molecule has 0 aromatic heterocycles. The third kappa shape index (κ3) is 34.9.